The van der Waals surface area contributed by atoms with E-state index in [1.807, 2.05) is 60.9 Å². The number of hydrogen-bond acceptors (Lipinski definition) is 12. The van der Waals surface area contributed by atoms with E-state index in [2.05, 4.69) is 108 Å². The number of fused-ring (bicyclic) bond motifs is 2. The van der Waals surface area contributed by atoms with E-state index >= 15 is 0 Å². The van der Waals surface area contributed by atoms with E-state index in [-0.39, 0.29) is 141 Å². The smallest absolute Gasteiger partial charge is 0.220 e. The van der Waals surface area contributed by atoms with E-state index in [0.29, 0.717) is 140 Å². The number of amides is 9. The molecule has 0 spiro atoms. The average molecular weight is 1440 g/mol. The molecule has 9 amide bonds. The monoisotopic (exact) mass is 1440 g/mol. The molecule has 0 radical (unpaired) electrons. The minimum atomic E-state index is -0.413. The molecule has 0 bridgehead atoms. The molecule has 0 saturated carbocycles. The van der Waals surface area contributed by atoms with Crippen LogP contribution in [0.5, 0.6) is 0 Å². The maximum atomic E-state index is 14.1. The number of H-pyrrole nitrogens is 2. The average Bonchev–Trinajstić information content (AvgIpc) is 1.70. The van der Waals surface area contributed by atoms with Crippen LogP contribution in [0.4, 0.5) is 0 Å². The summed E-state index contributed by atoms with van der Waals surface area (Å²) in [6.07, 6.45) is 19.4. The Hall–Kier alpha value is -7.37. The van der Waals surface area contributed by atoms with E-state index in [1.54, 1.807) is 0 Å². The third kappa shape index (κ3) is 38.8. The summed E-state index contributed by atoms with van der Waals surface area (Å²) in [5.41, 5.74) is 27.0. The van der Waals surface area contributed by atoms with Gasteiger partial charge in [0.25, 0.3) is 0 Å². The first-order chi connectivity index (χ1) is 49.3. The zero-order valence-corrected chi connectivity index (χ0v) is 63.9. The van der Waals surface area contributed by atoms with Gasteiger partial charge in [0.05, 0.1) is 0 Å². The van der Waals surface area contributed by atoms with Gasteiger partial charge >= 0.3 is 0 Å². The summed E-state index contributed by atoms with van der Waals surface area (Å²) in [4.78, 5) is 128. The highest BCUT2D eigenvalue weighted by Gasteiger charge is 2.26. The molecule has 103 heavy (non-hydrogen) atoms. The van der Waals surface area contributed by atoms with Gasteiger partial charge in [0.1, 0.15) is 0 Å². The van der Waals surface area contributed by atoms with Crippen LogP contribution >= 0.6 is 0 Å². The molecule has 4 rings (SSSR count). The second-order valence-electron chi connectivity index (χ2n) is 30.7. The van der Waals surface area contributed by atoms with Crippen molar-refractivity contribution in [2.24, 2.45) is 46.6 Å². The molecule has 18 N–H and O–H groups in total. The zero-order valence-electron chi connectivity index (χ0n) is 63.9. The standard InChI is InChI=1S/C80H134N14O9/c1-54(2)26-36-73(96)91-64(48-56(5)6)31-40-74(97)87-61(20-14-17-45-82)30-39-79(102)94-67(51-59-53-86-71-25-12-10-23-69(59)71)34-43-80(103)92-65(49-57(7)8)32-41-75(98)88-62(21-15-18-46-83)29-38-78(101)93-66(50-58-52-85-70-24-11-9-22-68(58)70)33-42-76(99)89-60(19-13-16-44-81)28-37-77(100)90-63(47-55(3)4)27-35-72(84)95/h9-12,22-25,52-57,60-67,85-86H,13-21,26-51,81-83H2,1-8H3,(H2,84,95)(H,87,97)(H,88,98)(H,89,99)(H,90,100)(H,91,96)(H,92,103)(H,93,101)(H,94,102)/t60-,61-,62-,63-,64-,65-,66+,67+/m0/s1. The van der Waals surface area contributed by atoms with Crippen LogP contribution < -0.4 is 65.5 Å². The summed E-state index contributed by atoms with van der Waals surface area (Å²) in [6, 6.07) is 13.7. The fraction of sp³-hybridized carbons (Fsp3) is 0.688. The molecule has 0 saturated heterocycles. The summed E-state index contributed by atoms with van der Waals surface area (Å²) in [6.45, 7) is 18.2. The Kier molecular flexibility index (Phi) is 42.9. The number of unbranched alkanes of at least 4 members (excludes halogenated alkanes) is 3. The van der Waals surface area contributed by atoms with Crippen LogP contribution in [0.2, 0.25) is 0 Å². The Morgan fingerprint density at radius 3 is 0.845 bits per heavy atom. The van der Waals surface area contributed by atoms with Crippen molar-refractivity contribution < 1.29 is 43.2 Å². The van der Waals surface area contributed by atoms with Crippen molar-refractivity contribution in [1.82, 2.24) is 52.5 Å². The number of nitrogens with one attached hydrogen (secondary N) is 10. The van der Waals surface area contributed by atoms with E-state index in [0.717, 1.165) is 84.3 Å². The molecular weight excluding hydrogens is 1300 g/mol. The second-order valence-corrected chi connectivity index (χ2v) is 30.7. The number of primary amides is 1. The Bertz CT molecular complexity index is 3140. The van der Waals surface area contributed by atoms with Gasteiger partial charge in [-0.15, -0.1) is 0 Å². The van der Waals surface area contributed by atoms with Crippen molar-refractivity contribution in [3.05, 3.63) is 72.1 Å². The van der Waals surface area contributed by atoms with E-state index in [4.69, 9.17) is 22.9 Å². The van der Waals surface area contributed by atoms with Crippen LogP contribution in [0.3, 0.4) is 0 Å². The summed E-state index contributed by atoms with van der Waals surface area (Å²) >= 11 is 0. The number of hydrogen-bond donors (Lipinski definition) is 14. The van der Waals surface area contributed by atoms with Crippen molar-refractivity contribution in [2.75, 3.05) is 19.6 Å². The second kappa shape index (κ2) is 50.1. The molecule has 2 heterocycles. The Morgan fingerprint density at radius 2 is 0.563 bits per heavy atom. The highest BCUT2D eigenvalue weighted by Crippen LogP contribution is 2.24. The quantitative estimate of drug-likeness (QED) is 0.0184. The van der Waals surface area contributed by atoms with Gasteiger partial charge in [-0.2, -0.15) is 0 Å². The third-order valence-electron chi connectivity index (χ3n) is 19.2. The SMILES string of the molecule is CC(C)CCC(=O)N[C@@H](CCC(=O)N[C@@H](CCCCN)CCC(=O)N[C@H](CCC(=O)N[C@@H](CCC(=O)N[C@@H](CCCCN)CCC(=O)N[C@H](CCC(=O)N[C@@H](CCCCN)CCC(=O)N[C@@H](CCC(N)=O)CC(C)C)Cc1c[nH]c2ccccc12)CC(C)C)Cc1c[nH]c2ccccc12)CC(C)C. The van der Waals surface area contributed by atoms with Gasteiger partial charge in [0.2, 0.25) is 53.2 Å². The van der Waals surface area contributed by atoms with Gasteiger partial charge in [-0.1, -0.05) is 111 Å². The number of nitrogens with two attached hydrogens (primary N) is 4. The lowest BCUT2D eigenvalue weighted by atomic mass is 9.97. The van der Waals surface area contributed by atoms with Gasteiger partial charge in [-0.05, 0) is 195 Å². The minimum absolute atomic E-state index is 0.00952. The van der Waals surface area contributed by atoms with E-state index in [1.165, 1.54) is 0 Å². The van der Waals surface area contributed by atoms with Gasteiger partial charge in [0, 0.05) is 140 Å². The third-order valence-corrected chi connectivity index (χ3v) is 19.2. The number of aromatic nitrogens is 2. The predicted molar refractivity (Wildman–Crippen MR) is 414 cm³/mol. The molecule has 23 heteroatoms. The minimum Gasteiger partial charge on any atom is -0.370 e. The molecule has 0 fully saturated rings. The number of rotatable bonds is 57. The van der Waals surface area contributed by atoms with Crippen LogP contribution in [0.25, 0.3) is 21.8 Å². The van der Waals surface area contributed by atoms with E-state index < -0.39 is 18.0 Å². The topological polar surface area (TPSA) is 386 Å². The molecule has 8 atom stereocenters. The van der Waals surface area contributed by atoms with Crippen LogP contribution in [-0.2, 0) is 56.0 Å². The summed E-state index contributed by atoms with van der Waals surface area (Å²) < 4.78 is 0. The molecule has 0 aliphatic heterocycles. The number of para-hydroxylation sites is 2. The van der Waals surface area contributed by atoms with Gasteiger partial charge in [-0.3, -0.25) is 43.2 Å². The van der Waals surface area contributed by atoms with E-state index in [9.17, 15) is 43.2 Å². The number of aromatic amines is 2. The van der Waals surface area contributed by atoms with Crippen molar-refractivity contribution >= 4 is 75.0 Å². The largest absolute Gasteiger partial charge is 0.370 e. The Balaban J connectivity index is 1.39. The molecule has 0 aliphatic carbocycles. The lowest BCUT2D eigenvalue weighted by molar-refractivity contribution is -0.125. The fourth-order valence-corrected chi connectivity index (χ4v) is 13.8. The maximum Gasteiger partial charge on any atom is 0.220 e. The van der Waals surface area contributed by atoms with Crippen LogP contribution in [0.1, 0.15) is 259 Å². The van der Waals surface area contributed by atoms with Gasteiger partial charge in [-0.25, -0.2) is 0 Å². The normalized spacial score (nSPS) is 14.0. The lowest BCUT2D eigenvalue weighted by Gasteiger charge is -2.24. The molecule has 4 aromatic rings. The molecule has 578 valence electrons. The molecule has 23 nitrogen and oxygen atoms in total. The van der Waals surface area contributed by atoms with Crippen LogP contribution in [0, 0.1) is 23.7 Å². The summed E-state index contributed by atoms with van der Waals surface area (Å²) in [7, 11) is 0. The first-order valence-corrected chi connectivity index (χ1v) is 39.1. The Labute approximate surface area is 615 Å². The zero-order chi connectivity index (χ0) is 75.5. The number of carbonyl (C=O) groups is 9. The van der Waals surface area contributed by atoms with Crippen LogP contribution in [-0.4, -0.2) is 131 Å². The molecule has 0 aliphatic rings. The fourth-order valence-electron chi connectivity index (χ4n) is 13.8. The highest BCUT2D eigenvalue weighted by atomic mass is 16.2. The Morgan fingerprint density at radius 1 is 0.311 bits per heavy atom. The van der Waals surface area contributed by atoms with Crippen molar-refractivity contribution in [3.63, 3.8) is 0 Å². The molecule has 2 aromatic carbocycles. The number of carbonyl (C=O) groups excluding carboxylic acids is 9. The van der Waals surface area contributed by atoms with Gasteiger partial charge in [0.15, 0.2) is 0 Å². The maximum absolute atomic E-state index is 14.1. The predicted octanol–water partition coefficient (Wildman–Crippen LogP) is 10.0. The number of benzene rings is 2. The summed E-state index contributed by atoms with van der Waals surface area (Å²) in [5, 5.41) is 27.7. The first-order valence-electron chi connectivity index (χ1n) is 39.1. The van der Waals surface area contributed by atoms with Crippen molar-refractivity contribution in [3.8, 4) is 0 Å². The van der Waals surface area contributed by atoms with Gasteiger partial charge < -0.3 is 75.4 Å². The lowest BCUT2D eigenvalue weighted by Crippen LogP contribution is -2.42. The summed E-state index contributed by atoms with van der Waals surface area (Å²) in [5.74, 6) is -0.325. The molecule has 0 unspecified atom stereocenters. The highest BCUT2D eigenvalue weighted by molar-refractivity contribution is 5.85. The van der Waals surface area contributed by atoms with Crippen molar-refractivity contribution in [1.29, 1.82) is 0 Å². The van der Waals surface area contributed by atoms with Crippen molar-refractivity contribution in [2.45, 2.75) is 309 Å². The first kappa shape index (κ1) is 88.0. The molecular formula is C80H134N14O9. The van der Waals surface area contributed by atoms with Crippen LogP contribution in [0.15, 0.2) is 60.9 Å². The molecule has 2 aromatic heterocycles.